The van der Waals surface area contributed by atoms with Crippen LogP contribution in [0, 0.1) is 28.1 Å². The van der Waals surface area contributed by atoms with Gasteiger partial charge in [0.2, 0.25) is 11.8 Å². The van der Waals surface area contributed by atoms with E-state index in [0.29, 0.717) is 22.7 Å². The summed E-state index contributed by atoms with van der Waals surface area (Å²) < 4.78 is 10.2. The molecule has 3 aliphatic carbocycles. The average Bonchev–Trinajstić information content (AvgIpc) is 3.71. The molecule has 3 heterocycles. The number of aromatic nitrogens is 2. The summed E-state index contributed by atoms with van der Waals surface area (Å²) in [6.07, 6.45) is 8.62. The zero-order chi connectivity index (χ0) is 27.7. The molecule has 0 amide bonds. The second-order valence-electron chi connectivity index (χ2n) is 10.1. The van der Waals surface area contributed by atoms with Crippen LogP contribution in [0.15, 0.2) is 35.7 Å². The number of pyridine rings is 2. The maximum Gasteiger partial charge on any atom is 0.213 e. The van der Waals surface area contributed by atoms with Crippen LogP contribution in [-0.4, -0.2) is 53.7 Å². The van der Waals surface area contributed by atoms with E-state index in [0.717, 1.165) is 48.3 Å². The lowest BCUT2D eigenvalue weighted by Gasteiger charge is -2.37. The van der Waals surface area contributed by atoms with Crippen molar-refractivity contribution < 1.29 is 19.1 Å². The summed E-state index contributed by atoms with van der Waals surface area (Å²) in [7, 11) is 3.07. The summed E-state index contributed by atoms with van der Waals surface area (Å²) >= 11 is 5.99. The first-order chi connectivity index (χ1) is 18.8. The number of nitriles is 2. The number of fused-ring (bicyclic) bond motifs is 2. The molecule has 0 unspecified atom stereocenters. The second kappa shape index (κ2) is 10.5. The Morgan fingerprint density at radius 1 is 0.846 bits per heavy atom. The first kappa shape index (κ1) is 26.4. The number of nitrogens with zero attached hydrogens (tertiary/aromatic N) is 5. The van der Waals surface area contributed by atoms with E-state index in [1.165, 1.54) is 20.0 Å². The smallest absolute Gasteiger partial charge is 0.213 e. The van der Waals surface area contributed by atoms with Crippen LogP contribution in [0.1, 0.15) is 47.9 Å². The highest BCUT2D eigenvalue weighted by Crippen LogP contribution is 2.54. The average molecular weight is 544 g/mol. The van der Waals surface area contributed by atoms with Crippen molar-refractivity contribution in [3.63, 3.8) is 0 Å². The third-order valence-corrected chi connectivity index (χ3v) is 8.26. The normalized spacial score (nSPS) is 18.8. The number of carbonyl (C=O) groups excluding carboxylic acids is 2. The summed E-state index contributed by atoms with van der Waals surface area (Å²) in [6.45, 7) is 1.83. The Morgan fingerprint density at radius 3 is 1.87 bits per heavy atom. The van der Waals surface area contributed by atoms with Crippen LogP contribution < -0.4 is 9.47 Å². The van der Waals surface area contributed by atoms with Crippen molar-refractivity contribution in [1.82, 2.24) is 14.9 Å². The Balaban J connectivity index is 0.000000169. The largest absolute Gasteiger partial charge is 0.481 e. The van der Waals surface area contributed by atoms with Crippen molar-refractivity contribution in [2.45, 2.75) is 38.5 Å². The van der Waals surface area contributed by atoms with Gasteiger partial charge in [-0.2, -0.15) is 10.5 Å². The van der Waals surface area contributed by atoms with Crippen molar-refractivity contribution in [1.29, 1.82) is 10.5 Å². The van der Waals surface area contributed by atoms with Gasteiger partial charge in [-0.3, -0.25) is 9.59 Å². The molecule has 1 spiro atoms. The fraction of sp³-hybridized carbons (Fsp3) is 0.379. The van der Waals surface area contributed by atoms with Gasteiger partial charge in [0.15, 0.2) is 11.6 Å². The number of ketones is 2. The third kappa shape index (κ3) is 4.98. The van der Waals surface area contributed by atoms with Crippen LogP contribution in [0.4, 0.5) is 0 Å². The van der Waals surface area contributed by atoms with Gasteiger partial charge in [0.05, 0.1) is 24.9 Å². The minimum absolute atomic E-state index is 0.00224. The van der Waals surface area contributed by atoms with E-state index in [-0.39, 0.29) is 40.6 Å². The van der Waals surface area contributed by atoms with Crippen LogP contribution in [0.5, 0.6) is 11.8 Å². The quantitative estimate of drug-likeness (QED) is 0.563. The Labute approximate surface area is 231 Å². The lowest BCUT2D eigenvalue weighted by molar-refractivity contribution is -0.115. The van der Waals surface area contributed by atoms with Gasteiger partial charge in [-0.1, -0.05) is 11.6 Å². The van der Waals surface area contributed by atoms with Gasteiger partial charge in [-0.25, -0.2) is 9.97 Å². The third-order valence-electron chi connectivity index (χ3n) is 7.87. The Bertz CT molecular complexity index is 1520. The maximum absolute atomic E-state index is 12.4. The van der Waals surface area contributed by atoms with E-state index in [4.69, 9.17) is 26.3 Å². The molecule has 2 fully saturated rings. The summed E-state index contributed by atoms with van der Waals surface area (Å²) in [5.41, 5.74) is 4.81. The van der Waals surface area contributed by atoms with E-state index in [9.17, 15) is 14.9 Å². The number of allylic oxidation sites excluding steroid dienone is 2. The lowest BCUT2D eigenvalue weighted by Crippen LogP contribution is -2.36. The predicted molar refractivity (Wildman–Crippen MR) is 142 cm³/mol. The Morgan fingerprint density at radius 2 is 1.36 bits per heavy atom. The van der Waals surface area contributed by atoms with Gasteiger partial charge in [0, 0.05) is 61.6 Å². The van der Waals surface area contributed by atoms with Crippen molar-refractivity contribution in [2.75, 3.05) is 27.3 Å². The molecular weight excluding hydrogens is 518 g/mol. The molecule has 0 bridgehead atoms. The van der Waals surface area contributed by atoms with Crippen molar-refractivity contribution in [3.05, 3.63) is 57.9 Å². The molecule has 1 saturated heterocycles. The maximum atomic E-state index is 12.4. The second-order valence-corrected chi connectivity index (χ2v) is 10.5. The molecule has 10 heteroatoms. The number of likely N-dealkylation sites (tertiary alicyclic amines) is 1. The molecule has 0 aromatic carbocycles. The van der Waals surface area contributed by atoms with Crippen LogP contribution in [0.25, 0.3) is 10.7 Å². The SMILES string of the molecule is COc1cc2c(cn1)CC(=O)C(C#N)=C2Cl.COc1cc2c(cn1)CC(=O)C(C#N)=C2N1CCC2(CC1)CC2. The number of halogens is 1. The monoisotopic (exact) mass is 543 g/mol. The summed E-state index contributed by atoms with van der Waals surface area (Å²) in [4.78, 5) is 34.3. The topological polar surface area (TPSA) is 129 Å². The van der Waals surface area contributed by atoms with Gasteiger partial charge in [-0.15, -0.1) is 0 Å². The zero-order valence-electron chi connectivity index (χ0n) is 21.7. The fourth-order valence-electron chi connectivity index (χ4n) is 5.34. The molecule has 1 aliphatic heterocycles. The first-order valence-electron chi connectivity index (χ1n) is 12.6. The minimum atomic E-state index is -0.271. The highest BCUT2D eigenvalue weighted by Gasteiger charge is 2.45. The van der Waals surface area contributed by atoms with E-state index < -0.39 is 0 Å². The predicted octanol–water partition coefficient (Wildman–Crippen LogP) is 4.01. The van der Waals surface area contributed by atoms with Gasteiger partial charge in [-0.05, 0) is 42.2 Å². The molecule has 4 aliphatic rings. The summed E-state index contributed by atoms with van der Waals surface area (Å²) in [5.74, 6) is 0.549. The number of ether oxygens (including phenoxy) is 2. The molecule has 2 aromatic rings. The fourth-order valence-corrected chi connectivity index (χ4v) is 5.67. The number of piperidine rings is 1. The van der Waals surface area contributed by atoms with Gasteiger partial charge >= 0.3 is 0 Å². The van der Waals surface area contributed by atoms with Crippen molar-refractivity contribution in [3.8, 4) is 23.9 Å². The van der Waals surface area contributed by atoms with E-state index in [1.54, 1.807) is 25.6 Å². The number of hydrogen-bond acceptors (Lipinski definition) is 9. The molecule has 198 valence electrons. The standard InChI is InChI=1S/C18H19N3O2.C11H7ClN2O2/c1-23-16-9-13-12(11-20-16)8-15(22)14(10-19)17(13)21-6-4-18(2-3-18)5-7-21;1-16-10-3-7-6(5-14-10)2-9(15)8(4-13)11(7)12/h9,11H,2-8H2,1H3;3,5H,2H2,1H3. The van der Waals surface area contributed by atoms with E-state index in [2.05, 4.69) is 20.9 Å². The highest BCUT2D eigenvalue weighted by atomic mass is 35.5. The number of rotatable bonds is 3. The molecule has 39 heavy (non-hydrogen) atoms. The molecule has 2 aromatic heterocycles. The molecule has 0 N–H and O–H groups in total. The molecular formula is C29H26ClN5O4. The zero-order valence-corrected chi connectivity index (χ0v) is 22.5. The molecule has 0 atom stereocenters. The number of Topliss-reactive ketones (excluding diaryl/α,β-unsaturated/α-hetero) is 2. The Kier molecular flexibility index (Phi) is 7.12. The molecule has 9 nitrogen and oxygen atoms in total. The lowest BCUT2D eigenvalue weighted by atomic mass is 9.86. The molecule has 0 radical (unpaired) electrons. The summed E-state index contributed by atoms with van der Waals surface area (Å²) in [6, 6.07) is 7.45. The van der Waals surface area contributed by atoms with Crippen molar-refractivity contribution in [2.24, 2.45) is 5.41 Å². The van der Waals surface area contributed by atoms with E-state index >= 15 is 0 Å². The van der Waals surface area contributed by atoms with E-state index in [1.807, 2.05) is 12.1 Å². The number of methoxy groups -OCH3 is 2. The summed E-state index contributed by atoms with van der Waals surface area (Å²) in [5, 5.41) is 18.5. The first-order valence-corrected chi connectivity index (χ1v) is 13.0. The molecule has 6 rings (SSSR count). The van der Waals surface area contributed by atoms with Crippen molar-refractivity contribution >= 4 is 33.9 Å². The minimum Gasteiger partial charge on any atom is -0.481 e. The van der Waals surface area contributed by atoms with Crippen LogP contribution in [0.2, 0.25) is 0 Å². The van der Waals surface area contributed by atoms with Gasteiger partial charge in [0.25, 0.3) is 0 Å². The highest BCUT2D eigenvalue weighted by molar-refractivity contribution is 6.52. The van der Waals surface area contributed by atoms with Crippen LogP contribution in [0.3, 0.4) is 0 Å². The number of carbonyl (C=O) groups is 2. The van der Waals surface area contributed by atoms with Crippen LogP contribution >= 0.6 is 11.6 Å². The molecule has 1 saturated carbocycles. The van der Waals surface area contributed by atoms with Gasteiger partial charge < -0.3 is 14.4 Å². The van der Waals surface area contributed by atoms with Gasteiger partial charge in [0.1, 0.15) is 23.3 Å². The number of hydrogen-bond donors (Lipinski definition) is 0. The Hall–Kier alpha value is -4.21. The van der Waals surface area contributed by atoms with Crippen LogP contribution in [-0.2, 0) is 22.4 Å².